The molecule has 0 saturated carbocycles. The average Bonchev–Trinajstić information content (AvgIpc) is 3.35. The Hall–Kier alpha value is -2.49. The molecular formula is C28H36O8. The van der Waals surface area contributed by atoms with Gasteiger partial charge in [0.1, 0.15) is 24.1 Å². The van der Waals surface area contributed by atoms with Crippen molar-refractivity contribution in [1.29, 1.82) is 0 Å². The fraction of sp³-hybridized carbons (Fsp3) is 0.536. The standard InChI is InChI=1S/C28H36O8/c1-5-31-23(29)16-15-22(32-17-19-9-7-6-8-10-19)24-25(26-27(34-24)36-28(2,3)35-26)33-18-20-11-13-21(30-4)14-12-20/h6-14,22,24-27H,5,15-18H2,1-4H3/t22-,24?,25?,26?,27-/m1/s1. The molecule has 0 amide bonds. The Bertz CT molecular complexity index is 961. The van der Waals surface area contributed by atoms with Crippen LogP contribution in [0.5, 0.6) is 5.75 Å². The summed E-state index contributed by atoms with van der Waals surface area (Å²) < 4.78 is 41.6. The summed E-state index contributed by atoms with van der Waals surface area (Å²) in [5, 5.41) is 0. The van der Waals surface area contributed by atoms with Gasteiger partial charge < -0.3 is 33.2 Å². The van der Waals surface area contributed by atoms with E-state index in [9.17, 15) is 4.79 Å². The maximum absolute atomic E-state index is 12.2. The van der Waals surface area contributed by atoms with Gasteiger partial charge in [-0.1, -0.05) is 42.5 Å². The zero-order valence-electron chi connectivity index (χ0n) is 21.4. The number of methoxy groups -OCH3 is 1. The van der Waals surface area contributed by atoms with E-state index in [1.165, 1.54) is 0 Å². The second-order valence-electron chi connectivity index (χ2n) is 9.37. The number of ether oxygens (including phenoxy) is 7. The van der Waals surface area contributed by atoms with E-state index in [4.69, 9.17) is 33.2 Å². The van der Waals surface area contributed by atoms with Gasteiger partial charge in [0.2, 0.25) is 0 Å². The molecule has 2 heterocycles. The SMILES string of the molecule is CCOC(=O)CC[C@@H](OCc1ccccc1)C1O[C@@H]2OC(C)(C)OC2C1OCc1ccc(OC)cc1. The Labute approximate surface area is 212 Å². The van der Waals surface area contributed by atoms with Gasteiger partial charge in [-0.15, -0.1) is 0 Å². The van der Waals surface area contributed by atoms with Crippen molar-refractivity contribution in [3.63, 3.8) is 0 Å². The Balaban J connectivity index is 1.51. The van der Waals surface area contributed by atoms with Crippen molar-refractivity contribution >= 4 is 5.97 Å². The summed E-state index contributed by atoms with van der Waals surface area (Å²) in [6.45, 7) is 6.57. The number of esters is 1. The first kappa shape index (κ1) is 26.6. The molecule has 0 N–H and O–H groups in total. The fourth-order valence-corrected chi connectivity index (χ4v) is 4.52. The van der Waals surface area contributed by atoms with Crippen molar-refractivity contribution < 1.29 is 38.0 Å². The number of hydrogen-bond donors (Lipinski definition) is 0. The molecule has 0 aliphatic carbocycles. The topological polar surface area (TPSA) is 81.7 Å². The Morgan fingerprint density at radius 2 is 1.72 bits per heavy atom. The molecule has 8 heteroatoms. The number of fused-ring (bicyclic) bond motifs is 1. The van der Waals surface area contributed by atoms with Crippen molar-refractivity contribution in [2.45, 2.75) is 83.3 Å². The monoisotopic (exact) mass is 500 g/mol. The lowest BCUT2D eigenvalue weighted by Crippen LogP contribution is -2.44. The summed E-state index contributed by atoms with van der Waals surface area (Å²) in [7, 11) is 1.64. The van der Waals surface area contributed by atoms with Crippen LogP contribution in [0.15, 0.2) is 54.6 Å². The number of carbonyl (C=O) groups is 1. The summed E-state index contributed by atoms with van der Waals surface area (Å²) in [6.07, 6.45) is -1.77. The van der Waals surface area contributed by atoms with E-state index in [0.717, 1.165) is 16.9 Å². The van der Waals surface area contributed by atoms with Gasteiger partial charge in [-0.25, -0.2) is 0 Å². The summed E-state index contributed by atoms with van der Waals surface area (Å²) in [5.74, 6) is -0.273. The van der Waals surface area contributed by atoms with Crippen LogP contribution in [0.4, 0.5) is 0 Å². The Kier molecular flexibility index (Phi) is 8.98. The quantitative estimate of drug-likeness (QED) is 0.397. The van der Waals surface area contributed by atoms with Gasteiger partial charge in [0.25, 0.3) is 0 Å². The van der Waals surface area contributed by atoms with E-state index >= 15 is 0 Å². The Morgan fingerprint density at radius 1 is 1.00 bits per heavy atom. The minimum absolute atomic E-state index is 0.209. The molecule has 2 aromatic rings. The van der Waals surface area contributed by atoms with Crippen LogP contribution in [-0.4, -0.2) is 56.2 Å². The van der Waals surface area contributed by atoms with Crippen molar-refractivity contribution in [2.75, 3.05) is 13.7 Å². The molecule has 2 aliphatic rings. The van der Waals surface area contributed by atoms with Crippen molar-refractivity contribution in [3.05, 3.63) is 65.7 Å². The normalized spacial score (nSPS) is 25.3. The van der Waals surface area contributed by atoms with Gasteiger partial charge in [0.15, 0.2) is 12.1 Å². The third-order valence-electron chi connectivity index (χ3n) is 6.24. The molecule has 2 fully saturated rings. The summed E-state index contributed by atoms with van der Waals surface area (Å²) in [6, 6.07) is 17.6. The lowest BCUT2D eigenvalue weighted by atomic mass is 10.0. The highest BCUT2D eigenvalue weighted by Gasteiger charge is 2.57. The van der Waals surface area contributed by atoms with E-state index in [0.29, 0.717) is 26.2 Å². The molecule has 2 aromatic carbocycles. The summed E-state index contributed by atoms with van der Waals surface area (Å²) in [5.41, 5.74) is 2.02. The van der Waals surface area contributed by atoms with E-state index in [-0.39, 0.29) is 12.4 Å². The van der Waals surface area contributed by atoms with Gasteiger partial charge in [0.05, 0.1) is 33.0 Å². The highest BCUT2D eigenvalue weighted by molar-refractivity contribution is 5.69. The van der Waals surface area contributed by atoms with E-state index in [2.05, 4.69) is 0 Å². The average molecular weight is 501 g/mol. The maximum atomic E-state index is 12.2. The minimum atomic E-state index is -0.784. The predicted octanol–water partition coefficient (Wildman–Crippen LogP) is 4.39. The second kappa shape index (κ2) is 12.2. The third-order valence-corrected chi connectivity index (χ3v) is 6.24. The molecule has 0 bridgehead atoms. The van der Waals surface area contributed by atoms with E-state index < -0.39 is 36.5 Å². The molecule has 4 rings (SSSR count). The first-order valence-electron chi connectivity index (χ1n) is 12.5. The van der Waals surface area contributed by atoms with Gasteiger partial charge >= 0.3 is 5.97 Å². The van der Waals surface area contributed by atoms with E-state index in [1.54, 1.807) is 14.0 Å². The van der Waals surface area contributed by atoms with Crippen LogP contribution in [0.1, 0.15) is 44.7 Å². The molecule has 0 radical (unpaired) electrons. The van der Waals surface area contributed by atoms with Crippen LogP contribution in [0.2, 0.25) is 0 Å². The van der Waals surface area contributed by atoms with Crippen LogP contribution >= 0.6 is 0 Å². The van der Waals surface area contributed by atoms with Crippen molar-refractivity contribution in [1.82, 2.24) is 0 Å². The first-order chi connectivity index (χ1) is 17.4. The highest BCUT2D eigenvalue weighted by Crippen LogP contribution is 2.41. The molecule has 0 spiro atoms. The summed E-state index contributed by atoms with van der Waals surface area (Å²) >= 11 is 0. The van der Waals surface area contributed by atoms with Crippen LogP contribution in [0.25, 0.3) is 0 Å². The third kappa shape index (κ3) is 6.83. The van der Waals surface area contributed by atoms with Gasteiger partial charge in [-0.2, -0.15) is 0 Å². The molecule has 3 unspecified atom stereocenters. The van der Waals surface area contributed by atoms with Gasteiger partial charge in [-0.05, 0) is 50.5 Å². The maximum Gasteiger partial charge on any atom is 0.305 e. The van der Waals surface area contributed by atoms with Crippen LogP contribution < -0.4 is 4.74 Å². The molecule has 2 saturated heterocycles. The van der Waals surface area contributed by atoms with Crippen molar-refractivity contribution in [3.8, 4) is 5.75 Å². The van der Waals surface area contributed by atoms with Crippen LogP contribution in [-0.2, 0) is 46.4 Å². The molecule has 8 nitrogen and oxygen atoms in total. The fourth-order valence-electron chi connectivity index (χ4n) is 4.52. The largest absolute Gasteiger partial charge is 0.497 e. The van der Waals surface area contributed by atoms with E-state index in [1.807, 2.05) is 68.4 Å². The minimum Gasteiger partial charge on any atom is -0.497 e. The molecular weight excluding hydrogens is 464 g/mol. The second-order valence-corrected chi connectivity index (χ2v) is 9.37. The lowest BCUT2D eigenvalue weighted by molar-refractivity contribution is -0.235. The Morgan fingerprint density at radius 3 is 2.42 bits per heavy atom. The zero-order valence-corrected chi connectivity index (χ0v) is 21.4. The number of rotatable bonds is 12. The van der Waals surface area contributed by atoms with Crippen LogP contribution in [0.3, 0.4) is 0 Å². The zero-order chi connectivity index (χ0) is 25.5. The lowest BCUT2D eigenvalue weighted by Gasteiger charge is -2.31. The van der Waals surface area contributed by atoms with Crippen LogP contribution in [0, 0.1) is 0 Å². The first-order valence-corrected chi connectivity index (χ1v) is 12.5. The number of hydrogen-bond acceptors (Lipinski definition) is 8. The predicted molar refractivity (Wildman–Crippen MR) is 131 cm³/mol. The summed E-state index contributed by atoms with van der Waals surface area (Å²) in [4.78, 5) is 12.2. The molecule has 5 atom stereocenters. The van der Waals surface area contributed by atoms with Crippen molar-refractivity contribution in [2.24, 2.45) is 0 Å². The molecule has 36 heavy (non-hydrogen) atoms. The number of benzene rings is 2. The number of carbonyl (C=O) groups excluding carboxylic acids is 1. The molecule has 0 aromatic heterocycles. The molecule has 196 valence electrons. The van der Waals surface area contributed by atoms with Gasteiger partial charge in [-0.3, -0.25) is 4.79 Å². The smallest absolute Gasteiger partial charge is 0.305 e. The molecule has 2 aliphatic heterocycles. The van der Waals surface area contributed by atoms with Gasteiger partial charge in [0, 0.05) is 6.42 Å². The highest BCUT2D eigenvalue weighted by atomic mass is 16.8.